The van der Waals surface area contributed by atoms with E-state index in [2.05, 4.69) is 10.4 Å². The lowest BCUT2D eigenvalue weighted by Crippen LogP contribution is -2.41. The molecule has 1 saturated heterocycles. The molecule has 1 amide bonds. The summed E-state index contributed by atoms with van der Waals surface area (Å²) in [4.78, 5) is 12.8. The van der Waals surface area contributed by atoms with E-state index in [-0.39, 0.29) is 13.2 Å². The number of aromatic nitrogens is 2. The third-order valence-corrected chi connectivity index (χ3v) is 4.04. The first kappa shape index (κ1) is 17.7. The second-order valence-electron chi connectivity index (χ2n) is 5.69. The summed E-state index contributed by atoms with van der Waals surface area (Å²) in [7, 11) is 0. The molecule has 130 valence electrons. The van der Waals surface area contributed by atoms with Crippen molar-refractivity contribution in [2.75, 3.05) is 19.7 Å². The highest BCUT2D eigenvalue weighted by Crippen LogP contribution is 2.21. The molecule has 0 saturated carbocycles. The Bertz CT molecular complexity index is 571. The Morgan fingerprint density at radius 3 is 2.70 bits per heavy atom. The number of hydrogen-bond acceptors (Lipinski definition) is 4. The molecule has 1 fully saturated rings. The molecule has 2 heterocycles. The van der Waals surface area contributed by atoms with Crippen molar-refractivity contribution < 1.29 is 23.1 Å². The van der Waals surface area contributed by atoms with Crippen LogP contribution in [0.25, 0.3) is 0 Å². The second kappa shape index (κ2) is 6.88. The van der Waals surface area contributed by atoms with Crippen molar-refractivity contribution in [3.8, 4) is 0 Å². The summed E-state index contributed by atoms with van der Waals surface area (Å²) < 4.78 is 38.9. The van der Waals surface area contributed by atoms with Crippen LogP contribution in [0, 0.1) is 13.8 Å². The predicted molar refractivity (Wildman–Crippen MR) is 76.7 cm³/mol. The molecule has 6 nitrogen and oxygen atoms in total. The van der Waals surface area contributed by atoms with E-state index in [9.17, 15) is 18.0 Å². The fourth-order valence-corrected chi connectivity index (χ4v) is 2.83. The van der Waals surface area contributed by atoms with Crippen LogP contribution < -0.4 is 5.32 Å². The molecule has 1 aliphatic heterocycles. The Labute approximate surface area is 132 Å². The Morgan fingerprint density at radius 2 is 2.09 bits per heavy atom. The fourth-order valence-electron chi connectivity index (χ4n) is 2.83. The van der Waals surface area contributed by atoms with Gasteiger partial charge in [-0.1, -0.05) is 0 Å². The third kappa shape index (κ3) is 4.23. The predicted octanol–water partition coefficient (Wildman–Crippen LogP) is 0.745. The molecule has 0 aromatic carbocycles. The topological polar surface area (TPSA) is 70.4 Å². The van der Waals surface area contributed by atoms with E-state index in [0.29, 0.717) is 19.5 Å². The molecule has 0 aliphatic carbocycles. The number of aryl methyl sites for hydroxylation is 1. The SMILES string of the molecule is Cc1nn(CCO)c(C)c1CNC1CCN(CC(F)(F)F)C1=O. The molecule has 2 N–H and O–H groups in total. The molecule has 9 heteroatoms. The quantitative estimate of drug-likeness (QED) is 0.805. The highest BCUT2D eigenvalue weighted by Gasteiger charge is 2.39. The first-order chi connectivity index (χ1) is 10.7. The van der Waals surface area contributed by atoms with Crippen molar-refractivity contribution in [1.82, 2.24) is 20.0 Å². The zero-order valence-corrected chi connectivity index (χ0v) is 13.2. The summed E-state index contributed by atoms with van der Waals surface area (Å²) in [5, 5.41) is 16.3. The minimum absolute atomic E-state index is 0.0255. The summed E-state index contributed by atoms with van der Waals surface area (Å²) in [6, 6.07) is -0.600. The summed E-state index contributed by atoms with van der Waals surface area (Å²) >= 11 is 0. The minimum Gasteiger partial charge on any atom is -0.394 e. The van der Waals surface area contributed by atoms with E-state index in [1.807, 2.05) is 13.8 Å². The van der Waals surface area contributed by atoms with E-state index in [1.54, 1.807) is 4.68 Å². The number of nitrogens with zero attached hydrogens (tertiary/aromatic N) is 3. The number of halogens is 3. The molecule has 23 heavy (non-hydrogen) atoms. The summed E-state index contributed by atoms with van der Waals surface area (Å²) in [6.45, 7) is 3.31. The fraction of sp³-hybridized carbons (Fsp3) is 0.714. The first-order valence-electron chi connectivity index (χ1n) is 7.45. The monoisotopic (exact) mass is 334 g/mol. The van der Waals surface area contributed by atoms with Crippen molar-refractivity contribution in [2.45, 2.75) is 45.6 Å². The van der Waals surface area contributed by atoms with Crippen LogP contribution in [-0.4, -0.2) is 57.6 Å². The van der Waals surface area contributed by atoms with E-state index >= 15 is 0 Å². The number of alkyl halides is 3. The van der Waals surface area contributed by atoms with E-state index in [4.69, 9.17) is 5.11 Å². The van der Waals surface area contributed by atoms with Gasteiger partial charge < -0.3 is 15.3 Å². The molecule has 1 aliphatic rings. The Balaban J connectivity index is 1.96. The number of carbonyl (C=O) groups excluding carboxylic acids is 1. The zero-order valence-electron chi connectivity index (χ0n) is 13.2. The molecule has 0 spiro atoms. The number of rotatable bonds is 6. The molecule has 1 aromatic heterocycles. The largest absolute Gasteiger partial charge is 0.406 e. The van der Waals surface area contributed by atoms with Gasteiger partial charge in [-0.05, 0) is 20.3 Å². The van der Waals surface area contributed by atoms with Crippen LogP contribution in [-0.2, 0) is 17.9 Å². The van der Waals surface area contributed by atoms with Gasteiger partial charge in [0.15, 0.2) is 0 Å². The van der Waals surface area contributed by atoms with Crippen molar-refractivity contribution in [3.63, 3.8) is 0 Å². The van der Waals surface area contributed by atoms with Gasteiger partial charge in [0.1, 0.15) is 6.54 Å². The lowest BCUT2D eigenvalue weighted by atomic mass is 10.1. The zero-order chi connectivity index (χ0) is 17.2. The first-order valence-corrected chi connectivity index (χ1v) is 7.45. The maximum atomic E-state index is 12.4. The van der Waals surface area contributed by atoms with Gasteiger partial charge in [-0.15, -0.1) is 0 Å². The van der Waals surface area contributed by atoms with Crippen LogP contribution >= 0.6 is 0 Å². The van der Waals surface area contributed by atoms with Crippen LogP contribution in [0.1, 0.15) is 23.4 Å². The number of nitrogens with one attached hydrogen (secondary N) is 1. The average Bonchev–Trinajstić information content (AvgIpc) is 2.90. The van der Waals surface area contributed by atoms with Gasteiger partial charge in [-0.2, -0.15) is 18.3 Å². The maximum absolute atomic E-state index is 12.4. The van der Waals surface area contributed by atoms with Crippen LogP contribution in [0.15, 0.2) is 0 Å². The number of carbonyl (C=O) groups is 1. The average molecular weight is 334 g/mol. The van der Waals surface area contributed by atoms with Gasteiger partial charge in [0.05, 0.1) is 24.9 Å². The van der Waals surface area contributed by atoms with E-state index in [1.165, 1.54) is 0 Å². The van der Waals surface area contributed by atoms with E-state index < -0.39 is 24.7 Å². The normalized spacial score (nSPS) is 19.0. The third-order valence-electron chi connectivity index (χ3n) is 4.04. The molecular formula is C14H21F3N4O2. The van der Waals surface area contributed by atoms with Gasteiger partial charge in [-0.25, -0.2) is 0 Å². The second-order valence-corrected chi connectivity index (χ2v) is 5.69. The van der Waals surface area contributed by atoms with Crippen molar-refractivity contribution >= 4 is 5.91 Å². The van der Waals surface area contributed by atoms with Crippen molar-refractivity contribution in [1.29, 1.82) is 0 Å². The van der Waals surface area contributed by atoms with Crippen LogP contribution in [0.5, 0.6) is 0 Å². The van der Waals surface area contributed by atoms with Gasteiger partial charge in [0, 0.05) is 24.3 Å². The van der Waals surface area contributed by atoms with Crippen LogP contribution in [0.3, 0.4) is 0 Å². The number of aliphatic hydroxyl groups excluding tert-OH is 1. The molecular weight excluding hydrogens is 313 g/mol. The highest BCUT2D eigenvalue weighted by atomic mass is 19.4. The Hall–Kier alpha value is -1.61. The molecule has 1 unspecified atom stereocenters. The molecule has 1 atom stereocenters. The highest BCUT2D eigenvalue weighted by molar-refractivity contribution is 5.84. The van der Waals surface area contributed by atoms with Crippen LogP contribution in [0.4, 0.5) is 13.2 Å². The number of aliphatic hydroxyl groups is 1. The standard InChI is InChI=1S/C14H21F3N4O2/c1-9-11(10(2)21(19-9)5-6-22)7-18-12-3-4-20(13(12)23)8-14(15,16)17/h12,18,22H,3-8H2,1-2H3. The van der Waals surface area contributed by atoms with Crippen molar-refractivity contribution in [3.05, 3.63) is 17.0 Å². The molecule has 0 bridgehead atoms. The lowest BCUT2D eigenvalue weighted by Gasteiger charge is -2.18. The number of hydrogen-bond donors (Lipinski definition) is 2. The molecule has 1 aromatic rings. The summed E-state index contributed by atoms with van der Waals surface area (Å²) in [6.07, 6.45) is -4.01. The molecule has 2 rings (SSSR count). The Kier molecular flexibility index (Phi) is 5.30. The maximum Gasteiger partial charge on any atom is 0.406 e. The lowest BCUT2D eigenvalue weighted by molar-refractivity contribution is -0.158. The number of likely N-dealkylation sites (tertiary alicyclic amines) is 1. The van der Waals surface area contributed by atoms with Gasteiger partial charge in [0.25, 0.3) is 0 Å². The van der Waals surface area contributed by atoms with Crippen LogP contribution in [0.2, 0.25) is 0 Å². The Morgan fingerprint density at radius 1 is 1.39 bits per heavy atom. The van der Waals surface area contributed by atoms with Gasteiger partial charge in [-0.3, -0.25) is 9.48 Å². The number of amides is 1. The molecule has 0 radical (unpaired) electrons. The van der Waals surface area contributed by atoms with Crippen molar-refractivity contribution in [2.24, 2.45) is 0 Å². The summed E-state index contributed by atoms with van der Waals surface area (Å²) in [5.41, 5.74) is 2.56. The van der Waals surface area contributed by atoms with Gasteiger partial charge in [0.2, 0.25) is 5.91 Å². The van der Waals surface area contributed by atoms with Gasteiger partial charge >= 0.3 is 6.18 Å². The minimum atomic E-state index is -4.37. The summed E-state index contributed by atoms with van der Waals surface area (Å²) in [5.74, 6) is -0.514. The van der Waals surface area contributed by atoms with E-state index in [0.717, 1.165) is 21.9 Å². The smallest absolute Gasteiger partial charge is 0.394 e.